The molecule has 5 nitrogen and oxygen atoms in total. The van der Waals surface area contributed by atoms with Gasteiger partial charge in [-0.25, -0.2) is 0 Å². The molecule has 0 aromatic heterocycles. The fraction of sp³-hybridized carbons (Fsp3) is 0.462. The highest BCUT2D eigenvalue weighted by Gasteiger charge is 2.14. The Morgan fingerprint density at radius 3 is 2.94 bits per heavy atom. The van der Waals surface area contributed by atoms with Crippen LogP contribution in [0.2, 0.25) is 0 Å². The van der Waals surface area contributed by atoms with E-state index >= 15 is 0 Å². The first-order valence-electron chi connectivity index (χ1n) is 6.15. The van der Waals surface area contributed by atoms with E-state index in [1.54, 1.807) is 0 Å². The normalized spacial score (nSPS) is 12.5. The highest BCUT2D eigenvalue weighted by atomic mass is 16.7. The van der Waals surface area contributed by atoms with Crippen LogP contribution in [-0.4, -0.2) is 32.3 Å². The van der Waals surface area contributed by atoms with E-state index in [2.05, 4.69) is 10.6 Å². The number of carbonyl (C=O) groups is 1. The van der Waals surface area contributed by atoms with E-state index in [4.69, 9.17) is 9.47 Å². The average Bonchev–Trinajstić information content (AvgIpc) is 2.82. The van der Waals surface area contributed by atoms with Crippen LogP contribution in [0.3, 0.4) is 0 Å². The van der Waals surface area contributed by atoms with Crippen LogP contribution in [0.15, 0.2) is 18.2 Å². The van der Waals surface area contributed by atoms with Crippen molar-refractivity contribution < 1.29 is 14.3 Å². The van der Waals surface area contributed by atoms with Crippen molar-refractivity contribution in [2.75, 3.05) is 26.4 Å². The zero-order valence-electron chi connectivity index (χ0n) is 10.5. The van der Waals surface area contributed by atoms with Crippen LogP contribution in [0.1, 0.15) is 12.5 Å². The quantitative estimate of drug-likeness (QED) is 0.729. The Morgan fingerprint density at radius 2 is 2.11 bits per heavy atom. The maximum Gasteiger partial charge on any atom is 0.231 e. The molecule has 0 saturated carbocycles. The van der Waals surface area contributed by atoms with E-state index < -0.39 is 0 Å². The van der Waals surface area contributed by atoms with E-state index in [9.17, 15) is 4.79 Å². The number of fused-ring (bicyclic) bond motifs is 1. The van der Waals surface area contributed by atoms with Crippen molar-refractivity contribution in [3.05, 3.63) is 23.8 Å². The molecule has 1 aromatic rings. The molecule has 2 N–H and O–H groups in total. The van der Waals surface area contributed by atoms with Crippen LogP contribution < -0.4 is 20.1 Å². The van der Waals surface area contributed by atoms with Gasteiger partial charge in [-0.15, -0.1) is 0 Å². The predicted molar refractivity (Wildman–Crippen MR) is 67.8 cm³/mol. The summed E-state index contributed by atoms with van der Waals surface area (Å²) in [6.07, 6.45) is 0.364. The molecule has 0 radical (unpaired) electrons. The van der Waals surface area contributed by atoms with Crippen LogP contribution in [0.25, 0.3) is 0 Å². The summed E-state index contributed by atoms with van der Waals surface area (Å²) in [5, 5.41) is 6.01. The fourth-order valence-electron chi connectivity index (χ4n) is 1.77. The van der Waals surface area contributed by atoms with Gasteiger partial charge in [0.25, 0.3) is 0 Å². The molecular weight excluding hydrogens is 232 g/mol. The summed E-state index contributed by atoms with van der Waals surface area (Å²) in [5.41, 5.74) is 0.931. The maximum absolute atomic E-state index is 11.7. The number of hydrogen-bond donors (Lipinski definition) is 2. The van der Waals surface area contributed by atoms with Gasteiger partial charge in [-0.1, -0.05) is 13.0 Å². The average molecular weight is 250 g/mol. The number of ether oxygens (including phenoxy) is 2. The third kappa shape index (κ3) is 3.37. The highest BCUT2D eigenvalue weighted by Crippen LogP contribution is 2.32. The van der Waals surface area contributed by atoms with Gasteiger partial charge in [0.05, 0.1) is 6.42 Å². The third-order valence-electron chi connectivity index (χ3n) is 2.68. The molecule has 1 amide bonds. The summed E-state index contributed by atoms with van der Waals surface area (Å²) in [6.45, 7) is 4.65. The Bertz CT molecular complexity index is 421. The predicted octanol–water partition coefficient (Wildman–Crippen LogP) is 0.683. The lowest BCUT2D eigenvalue weighted by Gasteiger charge is -2.06. The number of carbonyl (C=O) groups excluding carboxylic acids is 1. The molecule has 2 rings (SSSR count). The molecule has 1 aromatic carbocycles. The Labute approximate surface area is 106 Å². The lowest BCUT2D eigenvalue weighted by molar-refractivity contribution is -0.120. The summed E-state index contributed by atoms with van der Waals surface area (Å²) in [6, 6.07) is 5.58. The largest absolute Gasteiger partial charge is 0.454 e. The van der Waals surface area contributed by atoms with Gasteiger partial charge in [0.1, 0.15) is 0 Å². The van der Waals surface area contributed by atoms with Crippen LogP contribution in [0.5, 0.6) is 11.5 Å². The van der Waals surface area contributed by atoms with Gasteiger partial charge >= 0.3 is 0 Å². The van der Waals surface area contributed by atoms with Gasteiger partial charge in [-0.2, -0.15) is 0 Å². The molecule has 1 aliphatic rings. The summed E-state index contributed by atoms with van der Waals surface area (Å²) >= 11 is 0. The SMILES string of the molecule is CCNCCNC(=O)Cc1ccc2c(c1)OCO2. The van der Waals surface area contributed by atoms with E-state index in [1.165, 1.54) is 0 Å². The number of benzene rings is 1. The Hall–Kier alpha value is -1.75. The van der Waals surface area contributed by atoms with Gasteiger partial charge in [-0.05, 0) is 24.2 Å². The molecule has 1 aliphatic heterocycles. The first-order valence-corrected chi connectivity index (χ1v) is 6.15. The maximum atomic E-state index is 11.7. The molecular formula is C13H18N2O3. The fourth-order valence-corrected chi connectivity index (χ4v) is 1.77. The van der Waals surface area contributed by atoms with Gasteiger partial charge in [0.15, 0.2) is 11.5 Å². The summed E-state index contributed by atoms with van der Waals surface area (Å²) in [7, 11) is 0. The van der Waals surface area contributed by atoms with E-state index in [0.29, 0.717) is 18.7 Å². The minimum atomic E-state index is 0.0202. The zero-order valence-corrected chi connectivity index (χ0v) is 10.5. The van der Waals surface area contributed by atoms with Crippen LogP contribution in [-0.2, 0) is 11.2 Å². The molecule has 0 fully saturated rings. The zero-order chi connectivity index (χ0) is 12.8. The van der Waals surface area contributed by atoms with Gasteiger partial charge in [0.2, 0.25) is 12.7 Å². The summed E-state index contributed by atoms with van der Waals surface area (Å²) in [5.74, 6) is 1.48. The van der Waals surface area contributed by atoms with Crippen molar-refractivity contribution in [2.45, 2.75) is 13.3 Å². The van der Waals surface area contributed by atoms with Crippen molar-refractivity contribution in [2.24, 2.45) is 0 Å². The molecule has 5 heteroatoms. The van der Waals surface area contributed by atoms with Crippen molar-refractivity contribution in [3.8, 4) is 11.5 Å². The highest BCUT2D eigenvalue weighted by molar-refractivity contribution is 5.78. The van der Waals surface area contributed by atoms with Crippen molar-refractivity contribution >= 4 is 5.91 Å². The standard InChI is InChI=1S/C13H18N2O3/c1-2-14-5-6-15-13(16)8-10-3-4-11-12(7-10)18-9-17-11/h3-4,7,14H,2,5-6,8-9H2,1H3,(H,15,16). The third-order valence-corrected chi connectivity index (χ3v) is 2.68. The Kier molecular flexibility index (Phi) is 4.41. The molecule has 18 heavy (non-hydrogen) atoms. The molecule has 0 aliphatic carbocycles. The molecule has 0 unspecified atom stereocenters. The van der Waals surface area contributed by atoms with Crippen LogP contribution >= 0.6 is 0 Å². The molecule has 1 heterocycles. The second-order valence-electron chi connectivity index (χ2n) is 4.07. The summed E-state index contributed by atoms with van der Waals surface area (Å²) in [4.78, 5) is 11.7. The molecule has 98 valence electrons. The second-order valence-corrected chi connectivity index (χ2v) is 4.07. The van der Waals surface area contributed by atoms with Crippen LogP contribution in [0, 0.1) is 0 Å². The number of hydrogen-bond acceptors (Lipinski definition) is 4. The minimum absolute atomic E-state index is 0.0202. The van der Waals surface area contributed by atoms with Crippen LogP contribution in [0.4, 0.5) is 0 Å². The number of nitrogens with one attached hydrogen (secondary N) is 2. The molecule has 0 bridgehead atoms. The lowest BCUT2D eigenvalue weighted by atomic mass is 10.1. The molecule has 0 spiro atoms. The number of amides is 1. The van der Waals surface area contributed by atoms with Gasteiger partial charge < -0.3 is 20.1 Å². The molecule has 0 saturated heterocycles. The lowest BCUT2D eigenvalue weighted by Crippen LogP contribution is -2.32. The number of rotatable bonds is 6. The van der Waals surface area contributed by atoms with Crippen molar-refractivity contribution in [1.29, 1.82) is 0 Å². The topological polar surface area (TPSA) is 59.6 Å². The first-order chi connectivity index (χ1) is 8.79. The first kappa shape index (κ1) is 12.7. The Balaban J connectivity index is 1.80. The second kappa shape index (κ2) is 6.26. The number of likely N-dealkylation sites (N-methyl/N-ethyl adjacent to an activating group) is 1. The van der Waals surface area contributed by atoms with Crippen molar-refractivity contribution in [1.82, 2.24) is 10.6 Å². The van der Waals surface area contributed by atoms with E-state index in [0.717, 1.165) is 24.4 Å². The molecule has 0 atom stereocenters. The van der Waals surface area contributed by atoms with E-state index in [1.807, 2.05) is 25.1 Å². The Morgan fingerprint density at radius 1 is 1.28 bits per heavy atom. The minimum Gasteiger partial charge on any atom is -0.454 e. The smallest absolute Gasteiger partial charge is 0.231 e. The summed E-state index contributed by atoms with van der Waals surface area (Å²) < 4.78 is 10.5. The van der Waals surface area contributed by atoms with E-state index in [-0.39, 0.29) is 12.7 Å². The van der Waals surface area contributed by atoms with Gasteiger partial charge in [0, 0.05) is 13.1 Å². The van der Waals surface area contributed by atoms with Crippen molar-refractivity contribution in [3.63, 3.8) is 0 Å². The monoisotopic (exact) mass is 250 g/mol. The van der Waals surface area contributed by atoms with Gasteiger partial charge in [-0.3, -0.25) is 4.79 Å².